The summed E-state index contributed by atoms with van der Waals surface area (Å²) in [5.74, 6) is -0.634. The number of hydrogen-bond donors (Lipinski definition) is 2. The highest BCUT2D eigenvalue weighted by Crippen LogP contribution is 2.15. The molecule has 18 heavy (non-hydrogen) atoms. The summed E-state index contributed by atoms with van der Waals surface area (Å²) in [7, 11) is -3.68. The van der Waals surface area contributed by atoms with E-state index in [1.54, 1.807) is 6.92 Å². The first-order valence-corrected chi connectivity index (χ1v) is 7.28. The van der Waals surface area contributed by atoms with E-state index in [-0.39, 0.29) is 21.5 Å². The average molecular weight is 290 g/mol. The number of benzene rings is 1. The minimum absolute atomic E-state index is 0.0491. The molecule has 0 fully saturated rings. The molecule has 0 saturated carbocycles. The summed E-state index contributed by atoms with van der Waals surface area (Å²) in [6.45, 7) is 3.60. The summed E-state index contributed by atoms with van der Waals surface area (Å²) in [6, 6.07) is 3.16. The predicted octanol–water partition coefficient (Wildman–Crippen LogP) is 1.54. The van der Waals surface area contributed by atoms with Gasteiger partial charge in [-0.25, -0.2) is 17.5 Å². The first-order chi connectivity index (χ1) is 8.27. The van der Waals surface area contributed by atoms with Crippen LogP contribution in [0.5, 0.6) is 0 Å². The number of sulfonamides is 1. The molecule has 1 unspecified atom stereocenters. The number of halogens is 1. The van der Waals surface area contributed by atoms with Crippen molar-refractivity contribution in [1.82, 2.24) is 4.72 Å². The van der Waals surface area contributed by atoms with Crippen molar-refractivity contribution in [3.63, 3.8) is 0 Å². The molecule has 1 aromatic rings. The fourth-order valence-electron chi connectivity index (χ4n) is 1.28. The monoisotopic (exact) mass is 290 g/mol. The zero-order valence-corrected chi connectivity index (χ0v) is 11.7. The van der Waals surface area contributed by atoms with Gasteiger partial charge in [0.1, 0.15) is 10.8 Å². The number of nitrogens with two attached hydrogens (primary N) is 1. The van der Waals surface area contributed by atoms with Gasteiger partial charge in [-0.2, -0.15) is 0 Å². The fraction of sp³-hybridized carbons (Fsp3) is 0.364. The highest BCUT2D eigenvalue weighted by atomic mass is 32.2. The Labute approximate surface area is 111 Å². The van der Waals surface area contributed by atoms with Crippen molar-refractivity contribution in [3.8, 4) is 0 Å². The highest BCUT2D eigenvalue weighted by molar-refractivity contribution is 7.89. The normalized spacial score (nSPS) is 13.3. The number of nitrogens with one attached hydrogen (secondary N) is 1. The van der Waals surface area contributed by atoms with Gasteiger partial charge in [0.05, 0.1) is 4.90 Å². The Morgan fingerprint density at radius 3 is 2.67 bits per heavy atom. The van der Waals surface area contributed by atoms with Gasteiger partial charge in [-0.05, 0) is 31.5 Å². The molecule has 0 aliphatic rings. The van der Waals surface area contributed by atoms with Crippen molar-refractivity contribution in [2.75, 3.05) is 0 Å². The van der Waals surface area contributed by atoms with Gasteiger partial charge in [-0.3, -0.25) is 0 Å². The molecule has 0 saturated heterocycles. The van der Waals surface area contributed by atoms with Gasteiger partial charge in [0.25, 0.3) is 0 Å². The van der Waals surface area contributed by atoms with E-state index in [9.17, 15) is 12.8 Å². The van der Waals surface area contributed by atoms with Crippen LogP contribution >= 0.6 is 12.2 Å². The molecule has 1 aromatic carbocycles. The van der Waals surface area contributed by atoms with Gasteiger partial charge in [-0.1, -0.05) is 19.1 Å². The SMILES string of the molecule is CCC(C)NS(=O)(=O)c1ccc(F)c(C(N)=S)c1. The first-order valence-electron chi connectivity index (χ1n) is 5.39. The first kappa shape index (κ1) is 15.0. The predicted molar refractivity (Wildman–Crippen MR) is 72.4 cm³/mol. The smallest absolute Gasteiger partial charge is 0.240 e. The van der Waals surface area contributed by atoms with E-state index in [1.165, 1.54) is 6.07 Å². The second kappa shape index (κ2) is 5.73. The maximum absolute atomic E-state index is 13.4. The third-order valence-electron chi connectivity index (χ3n) is 2.48. The maximum atomic E-state index is 13.4. The number of thiocarbonyl (C=S) groups is 1. The summed E-state index contributed by atoms with van der Waals surface area (Å²) < 4.78 is 39.8. The molecule has 4 nitrogen and oxygen atoms in total. The molecule has 0 radical (unpaired) electrons. The van der Waals surface area contributed by atoms with Crippen molar-refractivity contribution in [1.29, 1.82) is 0 Å². The zero-order valence-electron chi connectivity index (χ0n) is 10.1. The molecule has 0 amide bonds. The molecule has 100 valence electrons. The van der Waals surface area contributed by atoms with E-state index in [0.717, 1.165) is 12.1 Å². The van der Waals surface area contributed by atoms with E-state index in [2.05, 4.69) is 16.9 Å². The Morgan fingerprint density at radius 2 is 2.17 bits per heavy atom. The molecule has 0 bridgehead atoms. The quantitative estimate of drug-likeness (QED) is 0.807. The van der Waals surface area contributed by atoms with Crippen LogP contribution in [0.2, 0.25) is 0 Å². The Balaban J connectivity index is 3.18. The maximum Gasteiger partial charge on any atom is 0.240 e. The van der Waals surface area contributed by atoms with Crippen LogP contribution < -0.4 is 10.5 Å². The number of hydrogen-bond acceptors (Lipinski definition) is 3. The molecule has 0 spiro atoms. The molecule has 0 aliphatic heterocycles. The lowest BCUT2D eigenvalue weighted by molar-refractivity contribution is 0.555. The molecule has 0 aromatic heterocycles. The molecule has 3 N–H and O–H groups in total. The Morgan fingerprint density at radius 1 is 1.56 bits per heavy atom. The van der Waals surface area contributed by atoms with Crippen LogP contribution in [-0.4, -0.2) is 19.4 Å². The van der Waals surface area contributed by atoms with Crippen molar-refractivity contribution >= 4 is 27.2 Å². The van der Waals surface area contributed by atoms with Crippen molar-refractivity contribution in [2.24, 2.45) is 5.73 Å². The second-order valence-corrected chi connectivity index (χ2v) is 6.09. The van der Waals surface area contributed by atoms with Crippen LogP contribution in [0, 0.1) is 5.82 Å². The van der Waals surface area contributed by atoms with Gasteiger partial charge >= 0.3 is 0 Å². The van der Waals surface area contributed by atoms with Crippen LogP contribution in [0.3, 0.4) is 0 Å². The molecular formula is C11H15FN2O2S2. The molecule has 0 aliphatic carbocycles. The van der Waals surface area contributed by atoms with Crippen LogP contribution in [0.1, 0.15) is 25.8 Å². The summed E-state index contributed by atoms with van der Waals surface area (Å²) in [5.41, 5.74) is 5.26. The topological polar surface area (TPSA) is 72.2 Å². The summed E-state index contributed by atoms with van der Waals surface area (Å²) in [4.78, 5) is -0.222. The van der Waals surface area contributed by atoms with Crippen LogP contribution in [-0.2, 0) is 10.0 Å². The highest BCUT2D eigenvalue weighted by Gasteiger charge is 2.18. The lowest BCUT2D eigenvalue weighted by Crippen LogP contribution is -2.32. The van der Waals surface area contributed by atoms with E-state index < -0.39 is 15.8 Å². The van der Waals surface area contributed by atoms with Gasteiger partial charge in [0.2, 0.25) is 10.0 Å². The van der Waals surface area contributed by atoms with Crippen LogP contribution in [0.4, 0.5) is 4.39 Å². The number of rotatable bonds is 5. The van der Waals surface area contributed by atoms with Crippen molar-refractivity contribution in [2.45, 2.75) is 31.2 Å². The molecule has 0 heterocycles. The summed E-state index contributed by atoms with van der Waals surface area (Å²) >= 11 is 4.67. The molecule has 7 heteroatoms. The van der Waals surface area contributed by atoms with Crippen LogP contribution in [0.15, 0.2) is 23.1 Å². The van der Waals surface area contributed by atoms with Crippen molar-refractivity contribution < 1.29 is 12.8 Å². The minimum Gasteiger partial charge on any atom is -0.389 e. The third-order valence-corrected chi connectivity index (χ3v) is 4.29. The van der Waals surface area contributed by atoms with E-state index >= 15 is 0 Å². The molecular weight excluding hydrogens is 275 g/mol. The standard InChI is InChI=1S/C11H15FN2O2S2/c1-3-7(2)14-18(15,16)8-4-5-10(12)9(6-8)11(13)17/h4-7,14H,3H2,1-2H3,(H2,13,17). The lowest BCUT2D eigenvalue weighted by atomic mass is 10.2. The summed E-state index contributed by atoms with van der Waals surface area (Å²) in [5, 5.41) is 0. The van der Waals surface area contributed by atoms with E-state index in [1.807, 2.05) is 6.92 Å². The second-order valence-electron chi connectivity index (χ2n) is 3.94. The molecule has 1 rings (SSSR count). The molecule has 1 atom stereocenters. The lowest BCUT2D eigenvalue weighted by Gasteiger charge is -2.12. The van der Waals surface area contributed by atoms with Gasteiger partial charge < -0.3 is 5.73 Å². The van der Waals surface area contributed by atoms with E-state index in [4.69, 9.17) is 5.73 Å². The Hall–Kier alpha value is -1.05. The minimum atomic E-state index is -3.68. The van der Waals surface area contributed by atoms with Crippen molar-refractivity contribution in [3.05, 3.63) is 29.6 Å². The average Bonchev–Trinajstić information content (AvgIpc) is 2.28. The fourth-order valence-corrected chi connectivity index (χ4v) is 2.79. The summed E-state index contributed by atoms with van der Waals surface area (Å²) in [6.07, 6.45) is 0.655. The van der Waals surface area contributed by atoms with Crippen LogP contribution in [0.25, 0.3) is 0 Å². The largest absolute Gasteiger partial charge is 0.389 e. The van der Waals surface area contributed by atoms with Gasteiger partial charge in [0, 0.05) is 11.6 Å². The zero-order chi connectivity index (χ0) is 13.9. The Kier molecular flexibility index (Phi) is 4.78. The van der Waals surface area contributed by atoms with Gasteiger partial charge in [0.15, 0.2) is 0 Å². The van der Waals surface area contributed by atoms with Gasteiger partial charge in [-0.15, -0.1) is 0 Å². The third kappa shape index (κ3) is 3.47. The Bertz CT molecular complexity index is 558. The van der Waals surface area contributed by atoms with E-state index in [0.29, 0.717) is 6.42 Å².